The van der Waals surface area contributed by atoms with Crippen LogP contribution in [0, 0.1) is 5.82 Å². The van der Waals surface area contributed by atoms with Crippen LogP contribution in [0.5, 0.6) is 0 Å². The SMILES string of the molecule is O=C(c1cc2ccccc2oc1=O)N1CCN(S(=O)(=O)c2cccc(F)c2)CC1. The number of halogens is 1. The van der Waals surface area contributed by atoms with E-state index in [0.29, 0.717) is 11.0 Å². The first-order valence-corrected chi connectivity index (χ1v) is 10.4. The topological polar surface area (TPSA) is 87.9 Å². The van der Waals surface area contributed by atoms with Gasteiger partial charge < -0.3 is 9.32 Å². The third-order valence-electron chi connectivity index (χ3n) is 4.83. The largest absolute Gasteiger partial charge is 0.422 e. The molecule has 1 amide bonds. The second-order valence-electron chi connectivity index (χ2n) is 6.64. The molecule has 0 N–H and O–H groups in total. The summed E-state index contributed by atoms with van der Waals surface area (Å²) in [5.74, 6) is -1.14. The second kappa shape index (κ2) is 7.41. The lowest BCUT2D eigenvalue weighted by atomic mass is 10.1. The molecule has 1 aromatic heterocycles. The van der Waals surface area contributed by atoms with E-state index in [1.165, 1.54) is 33.5 Å². The van der Waals surface area contributed by atoms with Crippen LogP contribution in [0.25, 0.3) is 11.0 Å². The van der Waals surface area contributed by atoms with Gasteiger partial charge in [0, 0.05) is 31.6 Å². The zero-order valence-electron chi connectivity index (χ0n) is 15.2. The normalized spacial score (nSPS) is 15.6. The van der Waals surface area contributed by atoms with E-state index < -0.39 is 27.4 Å². The maximum Gasteiger partial charge on any atom is 0.349 e. The van der Waals surface area contributed by atoms with Crippen molar-refractivity contribution < 1.29 is 22.0 Å². The summed E-state index contributed by atoms with van der Waals surface area (Å²) in [6.45, 7) is 0.312. The zero-order chi connectivity index (χ0) is 20.6. The molecular weight excluding hydrogens is 399 g/mol. The number of benzene rings is 2. The summed E-state index contributed by atoms with van der Waals surface area (Å²) >= 11 is 0. The van der Waals surface area contributed by atoms with Gasteiger partial charge in [0.15, 0.2) is 0 Å². The number of piperazine rings is 1. The van der Waals surface area contributed by atoms with Crippen LogP contribution in [0.2, 0.25) is 0 Å². The van der Waals surface area contributed by atoms with Crippen molar-refractivity contribution in [2.24, 2.45) is 0 Å². The Kier molecular flexibility index (Phi) is 4.93. The van der Waals surface area contributed by atoms with Crippen molar-refractivity contribution in [1.29, 1.82) is 0 Å². The molecule has 7 nitrogen and oxygen atoms in total. The number of nitrogens with zero attached hydrogens (tertiary/aromatic N) is 2. The van der Waals surface area contributed by atoms with Crippen LogP contribution < -0.4 is 5.63 Å². The third-order valence-corrected chi connectivity index (χ3v) is 6.73. The van der Waals surface area contributed by atoms with E-state index in [1.54, 1.807) is 24.3 Å². The average Bonchev–Trinajstić information content (AvgIpc) is 2.73. The van der Waals surface area contributed by atoms with E-state index in [4.69, 9.17) is 4.42 Å². The number of sulfonamides is 1. The molecule has 0 atom stereocenters. The van der Waals surface area contributed by atoms with Gasteiger partial charge >= 0.3 is 5.63 Å². The van der Waals surface area contributed by atoms with Gasteiger partial charge in [-0.05, 0) is 30.3 Å². The molecular formula is C20H17FN2O5S. The molecule has 0 spiro atoms. The predicted molar refractivity (Wildman–Crippen MR) is 104 cm³/mol. The van der Waals surface area contributed by atoms with Gasteiger partial charge in [-0.1, -0.05) is 24.3 Å². The second-order valence-corrected chi connectivity index (χ2v) is 8.58. The van der Waals surface area contributed by atoms with Crippen LogP contribution in [0.1, 0.15) is 10.4 Å². The number of amides is 1. The van der Waals surface area contributed by atoms with Crippen molar-refractivity contribution in [3.05, 3.63) is 76.4 Å². The minimum absolute atomic E-state index is 0.0451. The van der Waals surface area contributed by atoms with Crippen LogP contribution in [-0.4, -0.2) is 49.7 Å². The molecule has 2 aromatic carbocycles. The number of hydrogen-bond donors (Lipinski definition) is 0. The van der Waals surface area contributed by atoms with Gasteiger partial charge in [-0.3, -0.25) is 4.79 Å². The maximum absolute atomic E-state index is 13.4. The van der Waals surface area contributed by atoms with E-state index in [-0.39, 0.29) is 36.6 Å². The molecule has 4 rings (SSSR count). The summed E-state index contributed by atoms with van der Waals surface area (Å²) in [6.07, 6.45) is 0. The Hall–Kier alpha value is -3.04. The molecule has 1 aliphatic rings. The summed E-state index contributed by atoms with van der Waals surface area (Å²) in [5, 5.41) is 0.628. The highest BCUT2D eigenvalue weighted by molar-refractivity contribution is 7.89. The van der Waals surface area contributed by atoms with Crippen molar-refractivity contribution >= 4 is 26.9 Å². The molecule has 0 bridgehead atoms. The number of carbonyl (C=O) groups excluding carboxylic acids is 1. The molecule has 1 aliphatic heterocycles. The Morgan fingerprint density at radius 1 is 0.966 bits per heavy atom. The van der Waals surface area contributed by atoms with E-state index in [1.807, 2.05) is 0 Å². The molecule has 0 aliphatic carbocycles. The molecule has 0 saturated carbocycles. The molecule has 0 radical (unpaired) electrons. The van der Waals surface area contributed by atoms with Crippen molar-refractivity contribution in [1.82, 2.24) is 9.21 Å². The van der Waals surface area contributed by atoms with E-state index in [0.717, 1.165) is 6.07 Å². The van der Waals surface area contributed by atoms with Crippen molar-refractivity contribution in [3.63, 3.8) is 0 Å². The number of rotatable bonds is 3. The third kappa shape index (κ3) is 3.66. The summed E-state index contributed by atoms with van der Waals surface area (Å²) in [4.78, 5) is 26.3. The van der Waals surface area contributed by atoms with Crippen LogP contribution >= 0.6 is 0 Å². The van der Waals surface area contributed by atoms with Crippen LogP contribution in [0.15, 0.2) is 68.7 Å². The zero-order valence-corrected chi connectivity index (χ0v) is 16.1. The maximum atomic E-state index is 13.4. The van der Waals surface area contributed by atoms with Gasteiger partial charge in [-0.2, -0.15) is 4.31 Å². The monoisotopic (exact) mass is 416 g/mol. The molecule has 0 unspecified atom stereocenters. The summed E-state index contributed by atoms with van der Waals surface area (Å²) in [6, 6.07) is 13.2. The first-order chi connectivity index (χ1) is 13.9. The molecule has 1 fully saturated rings. The quantitative estimate of drug-likeness (QED) is 0.610. The Labute approximate surface area is 166 Å². The molecule has 9 heteroatoms. The highest BCUT2D eigenvalue weighted by Crippen LogP contribution is 2.20. The lowest BCUT2D eigenvalue weighted by molar-refractivity contribution is 0.0694. The number of para-hydroxylation sites is 1. The molecule has 2 heterocycles. The van der Waals surface area contributed by atoms with Crippen molar-refractivity contribution in [2.75, 3.05) is 26.2 Å². The number of fused-ring (bicyclic) bond motifs is 1. The Morgan fingerprint density at radius 2 is 1.69 bits per heavy atom. The number of hydrogen-bond acceptors (Lipinski definition) is 5. The van der Waals surface area contributed by atoms with Crippen molar-refractivity contribution in [3.8, 4) is 0 Å². The number of carbonyl (C=O) groups is 1. The van der Waals surface area contributed by atoms with Gasteiger partial charge in [0.2, 0.25) is 10.0 Å². The van der Waals surface area contributed by atoms with Gasteiger partial charge in [-0.25, -0.2) is 17.6 Å². The fourth-order valence-electron chi connectivity index (χ4n) is 3.29. The Morgan fingerprint density at radius 3 is 2.41 bits per heavy atom. The van der Waals surface area contributed by atoms with Gasteiger partial charge in [-0.15, -0.1) is 0 Å². The fourth-order valence-corrected chi connectivity index (χ4v) is 4.74. The summed E-state index contributed by atoms with van der Waals surface area (Å²) < 4.78 is 45.2. The van der Waals surface area contributed by atoms with Gasteiger partial charge in [0.25, 0.3) is 5.91 Å². The molecule has 150 valence electrons. The predicted octanol–water partition coefficient (Wildman–Crippen LogP) is 2.08. The minimum atomic E-state index is -3.86. The lowest BCUT2D eigenvalue weighted by Gasteiger charge is -2.33. The fraction of sp³-hybridized carbons (Fsp3) is 0.200. The van der Waals surface area contributed by atoms with E-state index >= 15 is 0 Å². The van der Waals surface area contributed by atoms with Crippen LogP contribution in [-0.2, 0) is 10.0 Å². The highest BCUT2D eigenvalue weighted by atomic mass is 32.2. The van der Waals surface area contributed by atoms with Crippen molar-refractivity contribution in [2.45, 2.75) is 4.90 Å². The Balaban J connectivity index is 1.52. The lowest BCUT2D eigenvalue weighted by Crippen LogP contribution is -2.51. The van der Waals surface area contributed by atoms with Crippen LogP contribution in [0.4, 0.5) is 4.39 Å². The minimum Gasteiger partial charge on any atom is -0.422 e. The first kappa shape index (κ1) is 19.3. The highest BCUT2D eigenvalue weighted by Gasteiger charge is 2.31. The molecule has 1 saturated heterocycles. The Bertz CT molecular complexity index is 1250. The summed E-state index contributed by atoms with van der Waals surface area (Å²) in [7, 11) is -3.86. The van der Waals surface area contributed by atoms with Crippen LogP contribution in [0.3, 0.4) is 0 Å². The van der Waals surface area contributed by atoms with Gasteiger partial charge in [0.05, 0.1) is 4.90 Å². The van der Waals surface area contributed by atoms with E-state index in [2.05, 4.69) is 0 Å². The molecule has 3 aromatic rings. The van der Waals surface area contributed by atoms with E-state index in [9.17, 15) is 22.4 Å². The van der Waals surface area contributed by atoms with Gasteiger partial charge in [0.1, 0.15) is 17.0 Å². The summed E-state index contributed by atoms with van der Waals surface area (Å²) in [5.41, 5.74) is -0.436. The smallest absolute Gasteiger partial charge is 0.349 e. The first-order valence-electron chi connectivity index (χ1n) is 8.94. The standard InChI is InChI=1S/C20H17FN2O5S/c21-15-5-3-6-16(13-15)29(26,27)23-10-8-22(9-11-23)19(24)17-12-14-4-1-2-7-18(14)28-20(17)25/h1-7,12-13H,8-11H2. The molecule has 29 heavy (non-hydrogen) atoms. The average molecular weight is 416 g/mol.